The van der Waals surface area contributed by atoms with E-state index in [4.69, 9.17) is 15.2 Å². The highest BCUT2D eigenvalue weighted by Crippen LogP contribution is 2.13. The van der Waals surface area contributed by atoms with Crippen LogP contribution in [0.25, 0.3) is 0 Å². The van der Waals surface area contributed by atoms with Gasteiger partial charge in [0.2, 0.25) is 5.91 Å². The molecule has 88 valence electrons. The SMILES string of the molecule is COCC(N)C(=O)N(C)C1CCOCC1. The quantitative estimate of drug-likeness (QED) is 0.694. The van der Waals surface area contributed by atoms with Gasteiger partial charge in [-0.05, 0) is 12.8 Å². The van der Waals surface area contributed by atoms with Gasteiger partial charge < -0.3 is 20.1 Å². The summed E-state index contributed by atoms with van der Waals surface area (Å²) in [5, 5.41) is 0. The van der Waals surface area contributed by atoms with Crippen LogP contribution in [-0.4, -0.2) is 56.9 Å². The highest BCUT2D eigenvalue weighted by molar-refractivity contribution is 5.81. The van der Waals surface area contributed by atoms with Crippen molar-refractivity contribution in [2.24, 2.45) is 5.73 Å². The molecule has 15 heavy (non-hydrogen) atoms. The first-order valence-electron chi connectivity index (χ1n) is 5.25. The number of nitrogens with two attached hydrogens (primary N) is 1. The molecule has 1 amide bonds. The molecule has 1 saturated heterocycles. The molecule has 1 rings (SSSR count). The lowest BCUT2D eigenvalue weighted by atomic mass is 10.1. The number of likely N-dealkylation sites (N-methyl/N-ethyl adjacent to an activating group) is 1. The molecule has 1 fully saturated rings. The van der Waals surface area contributed by atoms with Gasteiger partial charge in [-0.25, -0.2) is 0 Å². The molecule has 0 aromatic heterocycles. The normalized spacial score (nSPS) is 19.9. The average Bonchev–Trinajstić information content (AvgIpc) is 2.28. The molecule has 1 atom stereocenters. The van der Waals surface area contributed by atoms with Crippen LogP contribution < -0.4 is 5.73 Å². The molecule has 0 spiro atoms. The van der Waals surface area contributed by atoms with Gasteiger partial charge in [0.15, 0.2) is 0 Å². The van der Waals surface area contributed by atoms with Crippen molar-refractivity contribution in [1.82, 2.24) is 4.90 Å². The highest BCUT2D eigenvalue weighted by Gasteiger charge is 2.25. The van der Waals surface area contributed by atoms with Crippen LogP contribution in [0.3, 0.4) is 0 Å². The van der Waals surface area contributed by atoms with Crippen molar-refractivity contribution in [3.05, 3.63) is 0 Å². The Bertz CT molecular complexity index is 205. The van der Waals surface area contributed by atoms with Crippen LogP contribution in [0.5, 0.6) is 0 Å². The molecule has 1 aliphatic rings. The fraction of sp³-hybridized carbons (Fsp3) is 0.900. The van der Waals surface area contributed by atoms with Gasteiger partial charge in [-0.3, -0.25) is 4.79 Å². The predicted molar refractivity (Wildman–Crippen MR) is 56.5 cm³/mol. The molecule has 1 aliphatic heterocycles. The zero-order valence-corrected chi connectivity index (χ0v) is 9.44. The monoisotopic (exact) mass is 216 g/mol. The minimum atomic E-state index is -0.553. The fourth-order valence-corrected chi connectivity index (χ4v) is 1.76. The third-order valence-corrected chi connectivity index (χ3v) is 2.75. The maximum Gasteiger partial charge on any atom is 0.241 e. The Morgan fingerprint density at radius 2 is 2.20 bits per heavy atom. The van der Waals surface area contributed by atoms with E-state index >= 15 is 0 Å². The lowest BCUT2D eigenvalue weighted by Crippen LogP contribution is -2.49. The Hall–Kier alpha value is -0.650. The van der Waals surface area contributed by atoms with E-state index in [1.165, 1.54) is 0 Å². The third-order valence-electron chi connectivity index (χ3n) is 2.75. The number of ether oxygens (including phenoxy) is 2. The standard InChI is InChI=1S/C10H20N2O3/c1-12(8-3-5-15-6-4-8)10(13)9(11)7-14-2/h8-9H,3-7,11H2,1-2H3. The van der Waals surface area contributed by atoms with Gasteiger partial charge in [0.25, 0.3) is 0 Å². The van der Waals surface area contributed by atoms with E-state index in [-0.39, 0.29) is 18.6 Å². The van der Waals surface area contributed by atoms with Gasteiger partial charge in [0.05, 0.1) is 6.61 Å². The van der Waals surface area contributed by atoms with Crippen LogP contribution >= 0.6 is 0 Å². The number of carbonyl (C=O) groups excluding carboxylic acids is 1. The lowest BCUT2D eigenvalue weighted by molar-refractivity contribution is -0.136. The molecule has 5 heteroatoms. The number of methoxy groups -OCH3 is 1. The van der Waals surface area contributed by atoms with Gasteiger partial charge in [-0.15, -0.1) is 0 Å². The van der Waals surface area contributed by atoms with Crippen molar-refractivity contribution in [3.8, 4) is 0 Å². The predicted octanol–water partition coefficient (Wildman–Crippen LogP) is -0.402. The molecule has 2 N–H and O–H groups in total. The van der Waals surface area contributed by atoms with E-state index in [0.29, 0.717) is 0 Å². The van der Waals surface area contributed by atoms with Gasteiger partial charge in [0.1, 0.15) is 6.04 Å². The highest BCUT2D eigenvalue weighted by atomic mass is 16.5. The molecule has 0 aromatic carbocycles. The topological polar surface area (TPSA) is 64.8 Å². The molecule has 0 saturated carbocycles. The first kappa shape index (κ1) is 12.4. The zero-order valence-electron chi connectivity index (χ0n) is 9.44. The maximum absolute atomic E-state index is 11.8. The van der Waals surface area contributed by atoms with Crippen LogP contribution in [0.4, 0.5) is 0 Å². The Balaban J connectivity index is 2.43. The third kappa shape index (κ3) is 3.44. The second-order valence-electron chi connectivity index (χ2n) is 3.85. The summed E-state index contributed by atoms with van der Waals surface area (Å²) in [5.74, 6) is -0.0521. The zero-order chi connectivity index (χ0) is 11.3. The molecule has 1 heterocycles. The maximum atomic E-state index is 11.8. The first-order valence-corrected chi connectivity index (χ1v) is 5.25. The van der Waals surface area contributed by atoms with E-state index in [2.05, 4.69) is 0 Å². The summed E-state index contributed by atoms with van der Waals surface area (Å²) in [4.78, 5) is 13.5. The number of carbonyl (C=O) groups is 1. The van der Waals surface area contributed by atoms with Gasteiger partial charge >= 0.3 is 0 Å². The van der Waals surface area contributed by atoms with E-state index in [0.717, 1.165) is 26.1 Å². The smallest absolute Gasteiger partial charge is 0.241 e. The Morgan fingerprint density at radius 3 is 2.73 bits per heavy atom. The second kappa shape index (κ2) is 6.05. The minimum absolute atomic E-state index is 0.0521. The number of amides is 1. The van der Waals surface area contributed by atoms with Crippen molar-refractivity contribution < 1.29 is 14.3 Å². The van der Waals surface area contributed by atoms with Crippen molar-refractivity contribution in [1.29, 1.82) is 0 Å². The molecular formula is C10H20N2O3. The van der Waals surface area contributed by atoms with E-state index in [1.54, 1.807) is 19.1 Å². The van der Waals surface area contributed by atoms with Crippen molar-refractivity contribution in [2.75, 3.05) is 34.0 Å². The van der Waals surface area contributed by atoms with Crippen molar-refractivity contribution >= 4 is 5.91 Å². The summed E-state index contributed by atoms with van der Waals surface area (Å²) in [6.45, 7) is 1.72. The van der Waals surface area contributed by atoms with Crippen molar-refractivity contribution in [3.63, 3.8) is 0 Å². The molecule has 5 nitrogen and oxygen atoms in total. The van der Waals surface area contributed by atoms with Gasteiger partial charge in [-0.1, -0.05) is 0 Å². The molecule has 0 aliphatic carbocycles. The molecular weight excluding hydrogens is 196 g/mol. The molecule has 0 radical (unpaired) electrons. The largest absolute Gasteiger partial charge is 0.383 e. The lowest BCUT2D eigenvalue weighted by Gasteiger charge is -2.32. The van der Waals surface area contributed by atoms with Gasteiger partial charge in [-0.2, -0.15) is 0 Å². The number of hydrogen-bond acceptors (Lipinski definition) is 4. The fourth-order valence-electron chi connectivity index (χ4n) is 1.76. The van der Waals surface area contributed by atoms with Crippen molar-refractivity contribution in [2.45, 2.75) is 24.9 Å². The van der Waals surface area contributed by atoms with Crippen LogP contribution in [0.2, 0.25) is 0 Å². The molecule has 0 bridgehead atoms. The summed E-state index contributed by atoms with van der Waals surface area (Å²) < 4.78 is 10.1. The van der Waals surface area contributed by atoms with E-state index in [9.17, 15) is 4.79 Å². The average molecular weight is 216 g/mol. The van der Waals surface area contributed by atoms with Crippen LogP contribution in [-0.2, 0) is 14.3 Å². The Labute approximate surface area is 90.5 Å². The summed E-state index contributed by atoms with van der Waals surface area (Å²) in [5.41, 5.74) is 5.69. The minimum Gasteiger partial charge on any atom is -0.383 e. The summed E-state index contributed by atoms with van der Waals surface area (Å²) in [6.07, 6.45) is 1.78. The van der Waals surface area contributed by atoms with Crippen LogP contribution in [0.15, 0.2) is 0 Å². The van der Waals surface area contributed by atoms with E-state index in [1.807, 2.05) is 0 Å². The van der Waals surface area contributed by atoms with Crippen LogP contribution in [0.1, 0.15) is 12.8 Å². The van der Waals surface area contributed by atoms with Gasteiger partial charge in [0, 0.05) is 33.4 Å². The number of rotatable bonds is 4. The summed E-state index contributed by atoms with van der Waals surface area (Å²) >= 11 is 0. The molecule has 0 aromatic rings. The first-order chi connectivity index (χ1) is 7.16. The number of nitrogens with zero attached hydrogens (tertiary/aromatic N) is 1. The summed E-state index contributed by atoms with van der Waals surface area (Å²) in [6, 6.07) is -0.294. The van der Waals surface area contributed by atoms with Crippen LogP contribution in [0, 0.1) is 0 Å². The summed E-state index contributed by atoms with van der Waals surface area (Å²) in [7, 11) is 3.34. The van der Waals surface area contributed by atoms with E-state index < -0.39 is 6.04 Å². The molecule has 1 unspecified atom stereocenters. The Kier molecular flexibility index (Phi) is 5.01. The number of hydrogen-bond donors (Lipinski definition) is 1. The second-order valence-corrected chi connectivity index (χ2v) is 3.85. The Morgan fingerprint density at radius 1 is 1.60 bits per heavy atom.